The van der Waals surface area contributed by atoms with Gasteiger partial charge in [-0.15, -0.1) is 0 Å². The molecule has 0 unspecified atom stereocenters. The summed E-state index contributed by atoms with van der Waals surface area (Å²) in [5, 5.41) is 2.83. The predicted molar refractivity (Wildman–Crippen MR) is 93.3 cm³/mol. The van der Waals surface area contributed by atoms with Crippen molar-refractivity contribution in [3.63, 3.8) is 0 Å². The van der Waals surface area contributed by atoms with E-state index in [1.807, 2.05) is 26.0 Å². The molecular weight excluding hydrogens is 361 g/mol. The lowest BCUT2D eigenvalue weighted by Gasteiger charge is -2.15. The number of halogens is 2. The van der Waals surface area contributed by atoms with Gasteiger partial charge in [-0.25, -0.2) is 4.39 Å². The summed E-state index contributed by atoms with van der Waals surface area (Å²) in [6, 6.07) is 8.64. The lowest BCUT2D eigenvalue weighted by Crippen LogP contribution is -2.12. The fraction of sp³-hybridized carbons (Fsp3) is 0.278. The maximum atomic E-state index is 14.0. The van der Waals surface area contributed by atoms with Crippen molar-refractivity contribution in [1.29, 1.82) is 0 Å². The smallest absolute Gasteiger partial charge is 0.224 e. The quantitative estimate of drug-likeness (QED) is 0.781. The molecule has 0 aliphatic rings. The number of hydrogen-bond acceptors (Lipinski definition) is 2. The van der Waals surface area contributed by atoms with Gasteiger partial charge in [-0.3, -0.25) is 4.79 Å². The Morgan fingerprint density at radius 3 is 2.65 bits per heavy atom. The SMILES string of the molecule is CCC(=O)Nc1cccc(Br)c1COc1cc(C)c(C)cc1F. The van der Waals surface area contributed by atoms with Gasteiger partial charge < -0.3 is 10.1 Å². The van der Waals surface area contributed by atoms with E-state index >= 15 is 0 Å². The van der Waals surface area contributed by atoms with Crippen LogP contribution in [-0.4, -0.2) is 5.91 Å². The summed E-state index contributed by atoms with van der Waals surface area (Å²) in [5.41, 5.74) is 3.28. The van der Waals surface area contributed by atoms with Crippen molar-refractivity contribution in [3.05, 3.63) is 57.3 Å². The molecule has 2 aromatic carbocycles. The molecule has 0 saturated carbocycles. The molecule has 0 heterocycles. The molecule has 0 aromatic heterocycles. The molecule has 0 bridgehead atoms. The van der Waals surface area contributed by atoms with Crippen LogP contribution in [0.25, 0.3) is 0 Å². The Morgan fingerprint density at radius 2 is 1.96 bits per heavy atom. The lowest BCUT2D eigenvalue weighted by atomic mass is 10.1. The van der Waals surface area contributed by atoms with Crippen LogP contribution in [0.1, 0.15) is 30.0 Å². The van der Waals surface area contributed by atoms with Crippen molar-refractivity contribution in [2.45, 2.75) is 33.8 Å². The van der Waals surface area contributed by atoms with Crippen molar-refractivity contribution < 1.29 is 13.9 Å². The number of carbonyl (C=O) groups excluding carboxylic acids is 1. The van der Waals surface area contributed by atoms with Crippen molar-refractivity contribution in [2.24, 2.45) is 0 Å². The monoisotopic (exact) mass is 379 g/mol. The molecule has 0 aliphatic carbocycles. The number of carbonyl (C=O) groups is 1. The van der Waals surface area contributed by atoms with E-state index < -0.39 is 0 Å². The highest BCUT2D eigenvalue weighted by atomic mass is 79.9. The second-order valence-corrected chi connectivity index (χ2v) is 6.18. The third kappa shape index (κ3) is 4.32. The van der Waals surface area contributed by atoms with Crippen LogP contribution in [-0.2, 0) is 11.4 Å². The van der Waals surface area contributed by atoms with Crippen LogP contribution in [0.15, 0.2) is 34.8 Å². The summed E-state index contributed by atoms with van der Waals surface area (Å²) in [6.45, 7) is 5.70. The summed E-state index contributed by atoms with van der Waals surface area (Å²) < 4.78 is 20.4. The zero-order valence-corrected chi connectivity index (χ0v) is 15.0. The minimum atomic E-state index is -0.390. The summed E-state index contributed by atoms with van der Waals surface area (Å²) >= 11 is 3.45. The van der Waals surface area contributed by atoms with E-state index in [0.29, 0.717) is 12.1 Å². The Hall–Kier alpha value is -1.88. The predicted octanol–water partition coefficient (Wildman–Crippen LogP) is 5.13. The van der Waals surface area contributed by atoms with Gasteiger partial charge in [0.1, 0.15) is 6.61 Å². The molecule has 3 nitrogen and oxygen atoms in total. The van der Waals surface area contributed by atoms with Gasteiger partial charge in [-0.2, -0.15) is 0 Å². The van der Waals surface area contributed by atoms with Crippen LogP contribution in [0.3, 0.4) is 0 Å². The van der Waals surface area contributed by atoms with E-state index in [-0.39, 0.29) is 24.1 Å². The van der Waals surface area contributed by atoms with E-state index in [1.165, 1.54) is 6.07 Å². The first-order chi connectivity index (χ1) is 10.9. The summed E-state index contributed by atoms with van der Waals surface area (Å²) in [5.74, 6) is -0.266. The van der Waals surface area contributed by atoms with E-state index in [1.54, 1.807) is 19.1 Å². The number of hydrogen-bond donors (Lipinski definition) is 1. The summed E-state index contributed by atoms with van der Waals surface area (Å²) in [6.07, 6.45) is 0.387. The second-order valence-electron chi connectivity index (χ2n) is 5.32. The fourth-order valence-corrected chi connectivity index (χ4v) is 2.56. The molecule has 0 spiro atoms. The fourth-order valence-electron chi connectivity index (χ4n) is 2.08. The first-order valence-electron chi connectivity index (χ1n) is 7.39. The highest BCUT2D eigenvalue weighted by Crippen LogP contribution is 2.28. The third-order valence-electron chi connectivity index (χ3n) is 3.63. The van der Waals surface area contributed by atoms with Crippen molar-refractivity contribution in [3.8, 4) is 5.75 Å². The van der Waals surface area contributed by atoms with E-state index in [9.17, 15) is 9.18 Å². The molecule has 0 fully saturated rings. The van der Waals surface area contributed by atoms with Crippen LogP contribution in [0.5, 0.6) is 5.75 Å². The van der Waals surface area contributed by atoms with Gasteiger partial charge in [0.25, 0.3) is 0 Å². The van der Waals surface area contributed by atoms with Crippen LogP contribution in [0.4, 0.5) is 10.1 Å². The van der Waals surface area contributed by atoms with E-state index in [0.717, 1.165) is 21.2 Å². The number of ether oxygens (including phenoxy) is 1. The number of rotatable bonds is 5. The maximum absolute atomic E-state index is 14.0. The number of nitrogens with one attached hydrogen (secondary N) is 1. The van der Waals surface area contributed by atoms with Gasteiger partial charge in [-0.1, -0.05) is 28.9 Å². The van der Waals surface area contributed by atoms with Crippen LogP contribution < -0.4 is 10.1 Å². The minimum Gasteiger partial charge on any atom is -0.486 e. The first kappa shape index (κ1) is 17.5. The first-order valence-corrected chi connectivity index (χ1v) is 8.18. The Labute approximate surface area is 144 Å². The Kier molecular flexibility index (Phi) is 5.77. The summed E-state index contributed by atoms with van der Waals surface area (Å²) in [7, 11) is 0. The van der Waals surface area contributed by atoms with Crippen molar-refractivity contribution >= 4 is 27.5 Å². The van der Waals surface area contributed by atoms with Crippen LogP contribution in [0, 0.1) is 19.7 Å². The Morgan fingerprint density at radius 1 is 1.26 bits per heavy atom. The molecule has 5 heteroatoms. The molecule has 0 radical (unpaired) electrons. The Bertz CT molecular complexity index is 731. The highest BCUT2D eigenvalue weighted by Gasteiger charge is 2.12. The molecule has 0 saturated heterocycles. The van der Waals surface area contributed by atoms with Gasteiger partial charge in [-0.05, 0) is 49.2 Å². The van der Waals surface area contributed by atoms with Gasteiger partial charge in [0, 0.05) is 22.1 Å². The molecular formula is C18H19BrFNO2. The van der Waals surface area contributed by atoms with Crippen molar-refractivity contribution in [2.75, 3.05) is 5.32 Å². The normalized spacial score (nSPS) is 10.5. The number of amides is 1. The van der Waals surface area contributed by atoms with Gasteiger partial charge in [0.2, 0.25) is 5.91 Å². The molecule has 0 aliphatic heterocycles. The number of benzene rings is 2. The number of aryl methyl sites for hydroxylation is 2. The maximum Gasteiger partial charge on any atom is 0.224 e. The topological polar surface area (TPSA) is 38.3 Å². The molecule has 23 heavy (non-hydrogen) atoms. The second kappa shape index (κ2) is 7.59. The zero-order chi connectivity index (χ0) is 17.0. The third-order valence-corrected chi connectivity index (χ3v) is 4.38. The van der Waals surface area contributed by atoms with E-state index in [4.69, 9.17) is 4.74 Å². The van der Waals surface area contributed by atoms with Gasteiger partial charge >= 0.3 is 0 Å². The van der Waals surface area contributed by atoms with Gasteiger partial charge in [0.05, 0.1) is 0 Å². The average Bonchev–Trinajstić information content (AvgIpc) is 2.51. The molecule has 1 amide bonds. The largest absolute Gasteiger partial charge is 0.486 e. The molecule has 2 aromatic rings. The zero-order valence-electron chi connectivity index (χ0n) is 13.4. The van der Waals surface area contributed by atoms with E-state index in [2.05, 4.69) is 21.2 Å². The Balaban J connectivity index is 2.23. The highest BCUT2D eigenvalue weighted by molar-refractivity contribution is 9.10. The number of anilines is 1. The van der Waals surface area contributed by atoms with Crippen LogP contribution in [0.2, 0.25) is 0 Å². The standard InChI is InChI=1S/C18H19BrFNO2/c1-4-18(22)21-16-7-5-6-14(19)13(16)10-23-17-9-12(3)11(2)8-15(17)20/h5-9H,4,10H2,1-3H3,(H,21,22). The molecule has 1 N–H and O–H groups in total. The van der Waals surface area contributed by atoms with Gasteiger partial charge in [0.15, 0.2) is 11.6 Å². The summed E-state index contributed by atoms with van der Waals surface area (Å²) in [4.78, 5) is 11.6. The lowest BCUT2D eigenvalue weighted by molar-refractivity contribution is -0.115. The van der Waals surface area contributed by atoms with Crippen molar-refractivity contribution in [1.82, 2.24) is 0 Å². The average molecular weight is 380 g/mol. The molecule has 2 rings (SSSR count). The molecule has 122 valence electrons. The minimum absolute atomic E-state index is 0.0817. The molecule has 0 atom stereocenters. The van der Waals surface area contributed by atoms with Crippen LogP contribution >= 0.6 is 15.9 Å².